The highest BCUT2D eigenvalue weighted by Gasteiger charge is 2.19. The first-order chi connectivity index (χ1) is 13.1. The average Bonchev–Trinajstić information content (AvgIpc) is 3.24. The van der Waals surface area contributed by atoms with Crippen molar-refractivity contribution in [3.8, 4) is 11.3 Å². The normalized spacial score (nSPS) is 14.1. The van der Waals surface area contributed by atoms with Gasteiger partial charge in [-0.25, -0.2) is 4.68 Å². The highest BCUT2D eigenvalue weighted by atomic mass is 16.1. The van der Waals surface area contributed by atoms with Crippen molar-refractivity contribution in [3.63, 3.8) is 0 Å². The summed E-state index contributed by atoms with van der Waals surface area (Å²) in [7, 11) is 0. The van der Waals surface area contributed by atoms with Gasteiger partial charge in [0.25, 0.3) is 0 Å². The van der Waals surface area contributed by atoms with Gasteiger partial charge in [0.15, 0.2) is 5.78 Å². The van der Waals surface area contributed by atoms with Crippen LogP contribution in [0.15, 0.2) is 66.0 Å². The highest BCUT2D eigenvalue weighted by Crippen LogP contribution is 2.26. The number of carbonyl (C=O) groups is 1. The van der Waals surface area contributed by atoms with Crippen molar-refractivity contribution in [2.75, 3.05) is 5.32 Å². The van der Waals surface area contributed by atoms with Crippen LogP contribution in [0.3, 0.4) is 0 Å². The highest BCUT2D eigenvalue weighted by molar-refractivity contribution is 5.98. The number of carbonyl (C=O) groups excluding carboxylic acids is 1. The molecule has 2 aromatic carbocycles. The number of aromatic nitrogens is 3. The van der Waals surface area contributed by atoms with Crippen molar-refractivity contribution in [3.05, 3.63) is 77.1 Å². The van der Waals surface area contributed by atoms with Gasteiger partial charge < -0.3 is 5.32 Å². The van der Waals surface area contributed by atoms with Crippen LogP contribution in [-0.4, -0.2) is 20.8 Å². The number of allylic oxidation sites excluding steroid dienone is 2. The molecule has 0 fully saturated rings. The van der Waals surface area contributed by atoms with E-state index in [9.17, 15) is 4.79 Å². The van der Waals surface area contributed by atoms with Gasteiger partial charge in [-0.2, -0.15) is 0 Å². The van der Waals surface area contributed by atoms with Crippen molar-refractivity contribution < 1.29 is 4.79 Å². The summed E-state index contributed by atoms with van der Waals surface area (Å²) in [5.74, 6) is 0.229. The smallest absolute Gasteiger partial charge is 0.160 e. The van der Waals surface area contributed by atoms with Crippen LogP contribution in [0.1, 0.15) is 30.9 Å². The molecule has 5 heteroatoms. The number of ketones is 1. The fourth-order valence-electron chi connectivity index (χ4n) is 3.37. The second-order valence-electron chi connectivity index (χ2n) is 7.02. The SMILES string of the molecule is CC1=C(Nc2cccc(-c3cn(Cc4cccc(C)c4)nn3)c2)CCC1=O. The zero-order valence-corrected chi connectivity index (χ0v) is 15.6. The summed E-state index contributed by atoms with van der Waals surface area (Å²) in [6, 6.07) is 16.5. The van der Waals surface area contributed by atoms with Crippen LogP contribution in [-0.2, 0) is 11.3 Å². The molecule has 136 valence electrons. The molecule has 0 aliphatic heterocycles. The van der Waals surface area contributed by atoms with Crippen LogP contribution in [0, 0.1) is 6.92 Å². The topological polar surface area (TPSA) is 59.8 Å². The van der Waals surface area contributed by atoms with E-state index < -0.39 is 0 Å². The molecule has 1 aliphatic rings. The molecule has 0 radical (unpaired) electrons. The Morgan fingerprint density at radius 2 is 1.93 bits per heavy atom. The van der Waals surface area contributed by atoms with Crippen molar-refractivity contribution in [1.82, 2.24) is 15.0 Å². The summed E-state index contributed by atoms with van der Waals surface area (Å²) >= 11 is 0. The predicted octanol–water partition coefficient (Wildman–Crippen LogP) is 4.35. The molecule has 1 aromatic heterocycles. The van der Waals surface area contributed by atoms with Gasteiger partial charge in [0.2, 0.25) is 0 Å². The van der Waals surface area contributed by atoms with E-state index in [2.05, 4.69) is 46.8 Å². The van der Waals surface area contributed by atoms with Crippen molar-refractivity contribution in [2.45, 2.75) is 33.2 Å². The Balaban J connectivity index is 1.53. The van der Waals surface area contributed by atoms with E-state index in [1.54, 1.807) is 0 Å². The Labute approximate surface area is 158 Å². The number of hydrogen-bond donors (Lipinski definition) is 1. The maximum absolute atomic E-state index is 11.7. The van der Waals surface area contributed by atoms with E-state index in [-0.39, 0.29) is 5.78 Å². The lowest BCUT2D eigenvalue weighted by Gasteiger charge is -2.09. The largest absolute Gasteiger partial charge is 0.359 e. The van der Waals surface area contributed by atoms with Gasteiger partial charge in [-0.1, -0.05) is 47.2 Å². The number of hydrogen-bond acceptors (Lipinski definition) is 4. The number of benzene rings is 2. The van der Waals surface area contributed by atoms with Crippen LogP contribution in [0.2, 0.25) is 0 Å². The van der Waals surface area contributed by atoms with Gasteiger partial charge in [0, 0.05) is 28.9 Å². The number of anilines is 1. The summed E-state index contributed by atoms with van der Waals surface area (Å²) in [5.41, 5.74) is 7.09. The first kappa shape index (κ1) is 17.2. The fourth-order valence-corrected chi connectivity index (χ4v) is 3.37. The van der Waals surface area contributed by atoms with Gasteiger partial charge in [0.1, 0.15) is 5.69 Å². The van der Waals surface area contributed by atoms with Gasteiger partial charge in [-0.3, -0.25) is 4.79 Å². The lowest BCUT2D eigenvalue weighted by molar-refractivity contribution is -0.114. The number of aryl methyl sites for hydroxylation is 1. The molecular formula is C22H22N4O. The molecule has 3 aromatic rings. The van der Waals surface area contributed by atoms with Gasteiger partial charge in [-0.15, -0.1) is 5.10 Å². The summed E-state index contributed by atoms with van der Waals surface area (Å²) in [6.07, 6.45) is 3.34. The maximum Gasteiger partial charge on any atom is 0.160 e. The Morgan fingerprint density at radius 3 is 2.70 bits per heavy atom. The Bertz CT molecular complexity index is 1030. The Kier molecular flexibility index (Phi) is 4.59. The monoisotopic (exact) mass is 358 g/mol. The molecule has 0 spiro atoms. The molecule has 1 heterocycles. The summed E-state index contributed by atoms with van der Waals surface area (Å²) in [5, 5.41) is 12.0. The van der Waals surface area contributed by atoms with E-state index in [4.69, 9.17) is 0 Å². The minimum atomic E-state index is 0.229. The minimum absolute atomic E-state index is 0.229. The first-order valence-corrected chi connectivity index (χ1v) is 9.14. The quantitative estimate of drug-likeness (QED) is 0.736. The minimum Gasteiger partial charge on any atom is -0.359 e. The Morgan fingerprint density at radius 1 is 1.07 bits per heavy atom. The van der Waals surface area contributed by atoms with Crippen molar-refractivity contribution in [1.29, 1.82) is 0 Å². The standard InChI is InChI=1S/C22H22N4O/c1-15-5-3-6-17(11-15)13-26-14-21(24-25-26)18-7-4-8-19(12-18)23-20-9-10-22(27)16(20)2/h3-8,11-12,14,23H,9-10,13H2,1-2H3. The van der Waals surface area contributed by atoms with Crippen molar-refractivity contribution in [2.24, 2.45) is 0 Å². The lowest BCUT2D eigenvalue weighted by Crippen LogP contribution is -2.00. The summed E-state index contributed by atoms with van der Waals surface area (Å²) in [6.45, 7) is 4.67. The van der Waals surface area contributed by atoms with Crippen molar-refractivity contribution >= 4 is 11.5 Å². The average molecular weight is 358 g/mol. The number of Topliss-reactive ketones (excluding diaryl/α,β-unsaturated/α-hetero) is 1. The van der Waals surface area contributed by atoms with Crippen LogP contribution in [0.4, 0.5) is 5.69 Å². The van der Waals surface area contributed by atoms with E-state index in [0.29, 0.717) is 13.0 Å². The predicted molar refractivity (Wildman–Crippen MR) is 106 cm³/mol. The second kappa shape index (κ2) is 7.19. The van der Waals surface area contributed by atoms with Crippen LogP contribution in [0.5, 0.6) is 0 Å². The number of nitrogens with one attached hydrogen (secondary N) is 1. The van der Waals surface area contributed by atoms with Crippen LogP contribution in [0.25, 0.3) is 11.3 Å². The molecule has 5 nitrogen and oxygen atoms in total. The van der Waals surface area contributed by atoms with E-state index in [1.165, 1.54) is 11.1 Å². The molecule has 0 unspecified atom stereocenters. The summed E-state index contributed by atoms with van der Waals surface area (Å²) < 4.78 is 1.85. The molecule has 0 bridgehead atoms. The lowest BCUT2D eigenvalue weighted by atomic mass is 10.1. The van der Waals surface area contributed by atoms with Gasteiger partial charge >= 0.3 is 0 Å². The molecular weight excluding hydrogens is 336 g/mol. The maximum atomic E-state index is 11.7. The second-order valence-corrected chi connectivity index (χ2v) is 7.02. The molecule has 0 saturated heterocycles. The van der Waals surface area contributed by atoms with E-state index in [0.717, 1.165) is 34.6 Å². The molecule has 1 aliphatic carbocycles. The molecule has 1 N–H and O–H groups in total. The zero-order chi connectivity index (χ0) is 18.8. The molecule has 0 amide bonds. The molecule has 0 atom stereocenters. The van der Waals surface area contributed by atoms with Crippen LogP contribution < -0.4 is 5.32 Å². The molecule has 27 heavy (non-hydrogen) atoms. The zero-order valence-electron chi connectivity index (χ0n) is 15.6. The number of nitrogens with zero attached hydrogens (tertiary/aromatic N) is 3. The molecule has 0 saturated carbocycles. The third kappa shape index (κ3) is 3.82. The third-order valence-electron chi connectivity index (χ3n) is 4.89. The molecule has 4 rings (SSSR count). The fraction of sp³-hybridized carbons (Fsp3) is 0.227. The first-order valence-electron chi connectivity index (χ1n) is 9.14. The third-order valence-corrected chi connectivity index (χ3v) is 4.89. The van der Waals surface area contributed by atoms with E-state index in [1.807, 2.05) is 42.1 Å². The van der Waals surface area contributed by atoms with E-state index >= 15 is 0 Å². The summed E-state index contributed by atoms with van der Waals surface area (Å²) in [4.78, 5) is 11.7. The van der Waals surface area contributed by atoms with Gasteiger partial charge in [-0.05, 0) is 38.0 Å². The number of rotatable bonds is 5. The van der Waals surface area contributed by atoms with Gasteiger partial charge in [0.05, 0.1) is 12.7 Å². The van der Waals surface area contributed by atoms with Crippen LogP contribution >= 0.6 is 0 Å². The Hall–Kier alpha value is -3.21.